The standard InChI is InChI=1S/C15H11FN2OS/c16-11-7-5-10(6-8-11)15(19)17-9-14-18-12-3-1-2-4-13(12)20-14/h1-8H,9H2,(H,17,19). The van der Waals surface area contributed by atoms with E-state index in [-0.39, 0.29) is 11.7 Å². The Bertz CT molecular complexity index is 719. The van der Waals surface area contributed by atoms with Gasteiger partial charge < -0.3 is 5.32 Å². The highest BCUT2D eigenvalue weighted by Gasteiger charge is 2.07. The molecule has 2 aromatic carbocycles. The quantitative estimate of drug-likeness (QED) is 0.802. The molecular formula is C15H11FN2OS. The van der Waals surface area contributed by atoms with Crippen LogP contribution in [0.1, 0.15) is 15.4 Å². The monoisotopic (exact) mass is 286 g/mol. The number of amides is 1. The second-order valence-electron chi connectivity index (χ2n) is 4.26. The molecule has 1 N–H and O–H groups in total. The zero-order valence-corrected chi connectivity index (χ0v) is 11.3. The Kier molecular flexibility index (Phi) is 3.43. The van der Waals surface area contributed by atoms with Crippen molar-refractivity contribution in [1.29, 1.82) is 0 Å². The van der Waals surface area contributed by atoms with Crippen LogP contribution < -0.4 is 5.32 Å². The largest absolute Gasteiger partial charge is 0.346 e. The second-order valence-corrected chi connectivity index (χ2v) is 5.38. The number of para-hydroxylation sites is 1. The van der Waals surface area contributed by atoms with Crippen molar-refractivity contribution in [3.8, 4) is 0 Å². The number of nitrogens with zero attached hydrogens (tertiary/aromatic N) is 1. The number of rotatable bonds is 3. The molecule has 20 heavy (non-hydrogen) atoms. The van der Waals surface area contributed by atoms with E-state index in [9.17, 15) is 9.18 Å². The Balaban J connectivity index is 1.69. The van der Waals surface area contributed by atoms with E-state index in [1.165, 1.54) is 24.3 Å². The maximum atomic E-state index is 12.8. The number of carbonyl (C=O) groups is 1. The SMILES string of the molecule is O=C(NCc1nc2ccccc2s1)c1ccc(F)cc1. The molecule has 0 bridgehead atoms. The highest BCUT2D eigenvalue weighted by molar-refractivity contribution is 7.18. The number of thiazole rings is 1. The van der Waals surface area contributed by atoms with Crippen LogP contribution in [0.5, 0.6) is 0 Å². The maximum absolute atomic E-state index is 12.8. The minimum atomic E-state index is -0.354. The van der Waals surface area contributed by atoms with Gasteiger partial charge in [0, 0.05) is 5.56 Å². The fourth-order valence-corrected chi connectivity index (χ4v) is 2.76. The van der Waals surface area contributed by atoms with Crippen molar-refractivity contribution in [3.63, 3.8) is 0 Å². The summed E-state index contributed by atoms with van der Waals surface area (Å²) in [7, 11) is 0. The van der Waals surface area contributed by atoms with Gasteiger partial charge in [-0.3, -0.25) is 4.79 Å². The molecule has 3 aromatic rings. The van der Waals surface area contributed by atoms with E-state index in [1.54, 1.807) is 11.3 Å². The van der Waals surface area contributed by atoms with Crippen LogP contribution in [0.2, 0.25) is 0 Å². The minimum absolute atomic E-state index is 0.232. The molecule has 0 aliphatic heterocycles. The number of aromatic nitrogens is 1. The van der Waals surface area contributed by atoms with Gasteiger partial charge in [-0.25, -0.2) is 9.37 Å². The molecule has 1 amide bonds. The average Bonchev–Trinajstić information content (AvgIpc) is 2.88. The van der Waals surface area contributed by atoms with Crippen molar-refractivity contribution in [2.75, 3.05) is 0 Å². The first-order valence-electron chi connectivity index (χ1n) is 6.10. The van der Waals surface area contributed by atoms with Gasteiger partial charge in [-0.2, -0.15) is 0 Å². The molecule has 0 radical (unpaired) electrons. The van der Waals surface area contributed by atoms with Crippen LogP contribution >= 0.6 is 11.3 Å². The molecule has 0 atom stereocenters. The Morgan fingerprint density at radius 1 is 1.15 bits per heavy atom. The highest BCUT2D eigenvalue weighted by atomic mass is 32.1. The fraction of sp³-hybridized carbons (Fsp3) is 0.0667. The van der Waals surface area contributed by atoms with E-state index in [2.05, 4.69) is 10.3 Å². The van der Waals surface area contributed by atoms with Gasteiger partial charge in [0.15, 0.2) is 0 Å². The number of benzene rings is 2. The lowest BCUT2D eigenvalue weighted by Gasteiger charge is -2.02. The number of hydrogen-bond donors (Lipinski definition) is 1. The molecule has 0 spiro atoms. The molecule has 0 fully saturated rings. The predicted octanol–water partition coefficient (Wildman–Crippen LogP) is 3.37. The summed E-state index contributed by atoms with van der Waals surface area (Å²) in [6, 6.07) is 13.3. The Labute approximate surface area is 119 Å². The molecule has 0 aliphatic carbocycles. The summed E-state index contributed by atoms with van der Waals surface area (Å²) in [6.45, 7) is 0.371. The van der Waals surface area contributed by atoms with Gasteiger partial charge in [-0.1, -0.05) is 12.1 Å². The first kappa shape index (κ1) is 12.7. The van der Waals surface area contributed by atoms with Crippen molar-refractivity contribution in [3.05, 3.63) is 64.9 Å². The van der Waals surface area contributed by atoms with Crippen molar-refractivity contribution < 1.29 is 9.18 Å². The Morgan fingerprint density at radius 3 is 2.65 bits per heavy atom. The van der Waals surface area contributed by atoms with Crippen LogP contribution in [0.15, 0.2) is 48.5 Å². The molecule has 1 aromatic heterocycles. The van der Waals surface area contributed by atoms with Gasteiger partial charge >= 0.3 is 0 Å². The van der Waals surface area contributed by atoms with Crippen molar-refractivity contribution in [1.82, 2.24) is 10.3 Å². The average molecular weight is 286 g/mol. The zero-order valence-electron chi connectivity index (χ0n) is 10.5. The fourth-order valence-electron chi connectivity index (χ4n) is 1.85. The molecule has 5 heteroatoms. The third kappa shape index (κ3) is 2.67. The van der Waals surface area contributed by atoms with E-state index in [0.717, 1.165) is 15.2 Å². The normalized spacial score (nSPS) is 10.7. The van der Waals surface area contributed by atoms with E-state index in [4.69, 9.17) is 0 Å². The van der Waals surface area contributed by atoms with Crippen molar-refractivity contribution in [2.24, 2.45) is 0 Å². The second kappa shape index (κ2) is 5.38. The lowest BCUT2D eigenvalue weighted by atomic mass is 10.2. The predicted molar refractivity (Wildman–Crippen MR) is 77.2 cm³/mol. The topological polar surface area (TPSA) is 42.0 Å². The Morgan fingerprint density at radius 2 is 1.90 bits per heavy atom. The number of hydrogen-bond acceptors (Lipinski definition) is 3. The van der Waals surface area contributed by atoms with Crippen LogP contribution in [0.25, 0.3) is 10.2 Å². The van der Waals surface area contributed by atoms with Crippen LogP contribution in [0.3, 0.4) is 0 Å². The van der Waals surface area contributed by atoms with Crippen LogP contribution in [-0.4, -0.2) is 10.9 Å². The van der Waals surface area contributed by atoms with Gasteiger partial charge in [0.05, 0.1) is 16.8 Å². The lowest BCUT2D eigenvalue weighted by Crippen LogP contribution is -2.22. The molecule has 0 aliphatic rings. The van der Waals surface area contributed by atoms with Crippen molar-refractivity contribution in [2.45, 2.75) is 6.54 Å². The molecule has 0 saturated carbocycles. The van der Waals surface area contributed by atoms with E-state index < -0.39 is 0 Å². The summed E-state index contributed by atoms with van der Waals surface area (Å²) in [6.07, 6.45) is 0. The highest BCUT2D eigenvalue weighted by Crippen LogP contribution is 2.21. The summed E-state index contributed by atoms with van der Waals surface area (Å²) in [5.74, 6) is -0.586. The third-order valence-corrected chi connectivity index (χ3v) is 3.88. The molecule has 100 valence electrons. The van der Waals surface area contributed by atoms with Crippen LogP contribution in [0, 0.1) is 5.82 Å². The number of fused-ring (bicyclic) bond motifs is 1. The first-order valence-corrected chi connectivity index (χ1v) is 6.92. The number of nitrogens with one attached hydrogen (secondary N) is 1. The van der Waals surface area contributed by atoms with E-state index in [1.807, 2.05) is 24.3 Å². The van der Waals surface area contributed by atoms with E-state index in [0.29, 0.717) is 12.1 Å². The van der Waals surface area contributed by atoms with Gasteiger partial charge in [0.1, 0.15) is 10.8 Å². The summed E-state index contributed by atoms with van der Waals surface area (Å²) in [5.41, 5.74) is 1.37. The number of carbonyl (C=O) groups excluding carboxylic acids is 1. The molecular weight excluding hydrogens is 275 g/mol. The third-order valence-electron chi connectivity index (χ3n) is 2.84. The summed E-state index contributed by atoms with van der Waals surface area (Å²) in [4.78, 5) is 16.3. The summed E-state index contributed by atoms with van der Waals surface area (Å²) >= 11 is 1.55. The van der Waals surface area contributed by atoms with E-state index >= 15 is 0 Å². The van der Waals surface area contributed by atoms with Gasteiger partial charge in [0.25, 0.3) is 5.91 Å². The maximum Gasteiger partial charge on any atom is 0.251 e. The zero-order chi connectivity index (χ0) is 13.9. The van der Waals surface area contributed by atoms with Crippen LogP contribution in [0.4, 0.5) is 4.39 Å². The molecule has 3 nitrogen and oxygen atoms in total. The molecule has 3 rings (SSSR count). The molecule has 1 heterocycles. The summed E-state index contributed by atoms with van der Waals surface area (Å²) in [5, 5.41) is 3.63. The first-order chi connectivity index (χ1) is 9.72. The summed E-state index contributed by atoms with van der Waals surface area (Å²) < 4.78 is 13.9. The molecule has 0 saturated heterocycles. The van der Waals surface area contributed by atoms with Crippen molar-refractivity contribution >= 4 is 27.5 Å². The Hall–Kier alpha value is -2.27. The number of halogens is 1. The lowest BCUT2D eigenvalue weighted by molar-refractivity contribution is 0.0951. The molecule has 0 unspecified atom stereocenters. The smallest absolute Gasteiger partial charge is 0.251 e. The van der Waals surface area contributed by atoms with Gasteiger partial charge in [-0.15, -0.1) is 11.3 Å². The van der Waals surface area contributed by atoms with Gasteiger partial charge in [-0.05, 0) is 36.4 Å². The van der Waals surface area contributed by atoms with Crippen LogP contribution in [-0.2, 0) is 6.54 Å². The minimum Gasteiger partial charge on any atom is -0.346 e. The van der Waals surface area contributed by atoms with Gasteiger partial charge in [0.2, 0.25) is 0 Å².